The second kappa shape index (κ2) is 8.89. The topological polar surface area (TPSA) is 100 Å². The van der Waals surface area contributed by atoms with Crippen molar-refractivity contribution in [2.45, 2.75) is 13.1 Å². The van der Waals surface area contributed by atoms with Gasteiger partial charge in [-0.1, -0.05) is 6.07 Å². The van der Waals surface area contributed by atoms with E-state index in [4.69, 9.17) is 4.74 Å². The minimum Gasteiger partial charge on any atom is -0.504 e. The molecule has 0 aliphatic carbocycles. The van der Waals surface area contributed by atoms with Crippen molar-refractivity contribution < 1.29 is 32.6 Å². The van der Waals surface area contributed by atoms with Crippen molar-refractivity contribution in [3.8, 4) is 11.5 Å². The summed E-state index contributed by atoms with van der Waals surface area (Å²) in [5.41, 5.74) is 1.29. The van der Waals surface area contributed by atoms with Gasteiger partial charge in [-0.25, -0.2) is 5.43 Å². The molecule has 10 heteroatoms. The van der Waals surface area contributed by atoms with Gasteiger partial charge in [-0.3, -0.25) is 9.59 Å². The summed E-state index contributed by atoms with van der Waals surface area (Å²) < 4.78 is 43.2. The molecule has 2 aromatic rings. The van der Waals surface area contributed by atoms with Crippen molar-refractivity contribution in [1.29, 1.82) is 0 Å². The summed E-state index contributed by atoms with van der Waals surface area (Å²) in [6, 6.07) is 8.21. The van der Waals surface area contributed by atoms with Crippen LogP contribution in [0, 0.1) is 0 Å². The van der Waals surface area contributed by atoms with Gasteiger partial charge in [-0.05, 0) is 48.9 Å². The molecule has 0 bridgehead atoms. The van der Waals surface area contributed by atoms with E-state index in [9.17, 15) is 27.9 Å². The van der Waals surface area contributed by atoms with Crippen molar-refractivity contribution in [3.05, 3.63) is 53.6 Å². The Kier molecular flexibility index (Phi) is 6.59. The summed E-state index contributed by atoms with van der Waals surface area (Å²) in [5.74, 6) is -2.20. The largest absolute Gasteiger partial charge is 0.504 e. The number of benzene rings is 2. The number of hydrazone groups is 1. The molecule has 0 heterocycles. The van der Waals surface area contributed by atoms with Gasteiger partial charge in [0.2, 0.25) is 0 Å². The molecule has 0 aliphatic heterocycles. The number of halogens is 3. The molecule has 2 aromatic carbocycles. The Labute approximate surface area is 157 Å². The van der Waals surface area contributed by atoms with Gasteiger partial charge in [0.05, 0.1) is 18.4 Å². The third-order valence-corrected chi connectivity index (χ3v) is 3.32. The molecule has 0 saturated heterocycles. The number of nitrogens with one attached hydrogen (secondary N) is 2. The van der Waals surface area contributed by atoms with E-state index >= 15 is 0 Å². The molecular formula is C18H16F3N3O4. The molecular weight excluding hydrogens is 379 g/mol. The highest BCUT2D eigenvalue weighted by molar-refractivity contribution is 6.39. The van der Waals surface area contributed by atoms with E-state index in [-0.39, 0.29) is 17.2 Å². The van der Waals surface area contributed by atoms with Crippen LogP contribution in [-0.4, -0.2) is 29.7 Å². The lowest BCUT2D eigenvalue weighted by Gasteiger charge is -2.09. The van der Waals surface area contributed by atoms with Crippen molar-refractivity contribution in [2.75, 3.05) is 11.9 Å². The van der Waals surface area contributed by atoms with Crippen LogP contribution in [0.5, 0.6) is 11.5 Å². The molecule has 0 spiro atoms. The number of hydrogen-bond donors (Lipinski definition) is 3. The smallest absolute Gasteiger partial charge is 0.416 e. The van der Waals surface area contributed by atoms with E-state index in [1.165, 1.54) is 30.5 Å². The van der Waals surface area contributed by atoms with E-state index in [0.717, 1.165) is 12.1 Å². The lowest BCUT2D eigenvalue weighted by atomic mass is 10.2. The number of hydrogen-bond acceptors (Lipinski definition) is 5. The van der Waals surface area contributed by atoms with Gasteiger partial charge in [-0.15, -0.1) is 0 Å². The summed E-state index contributed by atoms with van der Waals surface area (Å²) in [6.45, 7) is 2.07. The van der Waals surface area contributed by atoms with Crippen molar-refractivity contribution in [1.82, 2.24) is 5.43 Å². The van der Waals surface area contributed by atoms with Crippen molar-refractivity contribution >= 4 is 23.7 Å². The molecule has 3 N–H and O–H groups in total. The summed E-state index contributed by atoms with van der Waals surface area (Å²) in [7, 11) is 0. The number of phenols is 1. The normalized spacial score (nSPS) is 11.3. The van der Waals surface area contributed by atoms with Gasteiger partial charge in [0, 0.05) is 5.69 Å². The van der Waals surface area contributed by atoms with Gasteiger partial charge in [0.1, 0.15) is 0 Å². The Bertz CT molecular complexity index is 898. The van der Waals surface area contributed by atoms with E-state index in [0.29, 0.717) is 18.2 Å². The molecule has 0 unspecified atom stereocenters. The molecule has 2 rings (SSSR count). The molecule has 0 fully saturated rings. The minimum absolute atomic E-state index is 0.0662. The Balaban J connectivity index is 1.97. The molecule has 7 nitrogen and oxygen atoms in total. The predicted molar refractivity (Wildman–Crippen MR) is 95.1 cm³/mol. The fourth-order valence-corrected chi connectivity index (χ4v) is 2.06. The zero-order valence-electron chi connectivity index (χ0n) is 14.6. The number of ether oxygens (including phenoxy) is 1. The minimum atomic E-state index is -4.57. The number of nitrogens with zero attached hydrogens (tertiary/aromatic N) is 1. The van der Waals surface area contributed by atoms with Gasteiger partial charge in [0.15, 0.2) is 11.5 Å². The maximum absolute atomic E-state index is 12.7. The highest BCUT2D eigenvalue weighted by atomic mass is 19.4. The Morgan fingerprint density at radius 1 is 1.18 bits per heavy atom. The number of amides is 2. The van der Waals surface area contributed by atoms with E-state index in [1.54, 1.807) is 6.92 Å². The highest BCUT2D eigenvalue weighted by Gasteiger charge is 2.30. The van der Waals surface area contributed by atoms with Crippen LogP contribution >= 0.6 is 0 Å². The first-order valence-electron chi connectivity index (χ1n) is 7.98. The van der Waals surface area contributed by atoms with Gasteiger partial charge >= 0.3 is 18.0 Å². The maximum atomic E-state index is 12.7. The third-order valence-electron chi connectivity index (χ3n) is 3.32. The maximum Gasteiger partial charge on any atom is 0.416 e. The number of anilines is 1. The van der Waals surface area contributed by atoms with Gasteiger partial charge in [-0.2, -0.15) is 18.3 Å². The van der Waals surface area contributed by atoms with E-state index < -0.39 is 23.6 Å². The van der Waals surface area contributed by atoms with Crippen LogP contribution in [0.25, 0.3) is 0 Å². The fraction of sp³-hybridized carbons (Fsp3) is 0.167. The molecule has 28 heavy (non-hydrogen) atoms. The first-order valence-corrected chi connectivity index (χ1v) is 7.98. The lowest BCUT2D eigenvalue weighted by Crippen LogP contribution is -2.32. The highest BCUT2D eigenvalue weighted by Crippen LogP contribution is 2.30. The molecule has 148 valence electrons. The third kappa shape index (κ3) is 5.73. The van der Waals surface area contributed by atoms with Crippen LogP contribution in [0.15, 0.2) is 47.6 Å². The van der Waals surface area contributed by atoms with Crippen LogP contribution in [-0.2, 0) is 15.8 Å². The van der Waals surface area contributed by atoms with Crippen LogP contribution in [0.3, 0.4) is 0 Å². The molecule has 0 atom stereocenters. The fourth-order valence-electron chi connectivity index (χ4n) is 2.06. The van der Waals surface area contributed by atoms with Crippen molar-refractivity contribution in [2.24, 2.45) is 5.10 Å². The Morgan fingerprint density at radius 3 is 2.61 bits per heavy atom. The second-order valence-corrected chi connectivity index (χ2v) is 5.39. The second-order valence-electron chi connectivity index (χ2n) is 5.39. The summed E-state index contributed by atoms with van der Waals surface area (Å²) >= 11 is 0. The first kappa shape index (κ1) is 20.7. The van der Waals surface area contributed by atoms with Crippen molar-refractivity contribution in [3.63, 3.8) is 0 Å². The van der Waals surface area contributed by atoms with Gasteiger partial charge < -0.3 is 15.2 Å². The number of phenolic OH excluding ortho intramolecular Hbond substituents is 1. The van der Waals surface area contributed by atoms with Crippen LogP contribution in [0.4, 0.5) is 18.9 Å². The molecule has 0 saturated carbocycles. The predicted octanol–water partition coefficient (Wildman–Crippen LogP) is 2.90. The quantitative estimate of drug-likeness (QED) is 0.412. The Hall–Kier alpha value is -3.56. The summed E-state index contributed by atoms with van der Waals surface area (Å²) in [4.78, 5) is 23.5. The number of alkyl halides is 3. The SMILES string of the molecule is CCOc1cc(C=NNC(=O)C(=O)Nc2cccc(C(F)(F)F)c2)ccc1O. The number of carbonyl (C=O) groups excluding carboxylic acids is 2. The molecule has 2 amide bonds. The number of rotatable bonds is 5. The van der Waals surface area contributed by atoms with Crippen LogP contribution in [0.1, 0.15) is 18.1 Å². The average molecular weight is 395 g/mol. The van der Waals surface area contributed by atoms with Crippen LogP contribution < -0.4 is 15.5 Å². The molecule has 0 radical (unpaired) electrons. The van der Waals surface area contributed by atoms with E-state index in [2.05, 4.69) is 10.4 Å². The zero-order chi connectivity index (χ0) is 20.7. The monoisotopic (exact) mass is 395 g/mol. The van der Waals surface area contributed by atoms with Crippen LogP contribution in [0.2, 0.25) is 0 Å². The summed E-state index contributed by atoms with van der Waals surface area (Å²) in [6.07, 6.45) is -3.37. The van der Waals surface area contributed by atoms with E-state index in [1.807, 2.05) is 5.43 Å². The molecule has 0 aliphatic rings. The first-order chi connectivity index (χ1) is 13.2. The average Bonchev–Trinajstić information content (AvgIpc) is 2.64. The number of aromatic hydroxyl groups is 1. The molecule has 0 aromatic heterocycles. The number of carbonyl (C=O) groups is 2. The lowest BCUT2D eigenvalue weighted by molar-refractivity contribution is -0.137. The zero-order valence-corrected chi connectivity index (χ0v) is 14.6. The Morgan fingerprint density at radius 2 is 1.93 bits per heavy atom. The van der Waals surface area contributed by atoms with Gasteiger partial charge in [0.25, 0.3) is 0 Å². The summed E-state index contributed by atoms with van der Waals surface area (Å²) in [5, 5.41) is 15.2. The standard InChI is InChI=1S/C18H16F3N3O4/c1-2-28-15-8-11(6-7-14(15)25)10-22-24-17(27)16(26)23-13-5-3-4-12(9-13)18(19,20)21/h3-10,25H,2H2,1H3,(H,23,26)(H,24,27).